The highest BCUT2D eigenvalue weighted by Gasteiger charge is 2.29. The van der Waals surface area contributed by atoms with E-state index >= 15 is 0 Å². The zero-order valence-electron chi connectivity index (χ0n) is 17.4. The lowest BCUT2D eigenvalue weighted by Crippen LogP contribution is -2.39. The fourth-order valence-electron chi connectivity index (χ4n) is 4.66. The molecule has 2 aromatic heterocycles. The molecule has 32 heavy (non-hydrogen) atoms. The number of piperidine rings is 1. The first-order chi connectivity index (χ1) is 15.7. The molecular formula is C26H21N3O3. The van der Waals surface area contributed by atoms with E-state index in [1.807, 2.05) is 53.4 Å². The minimum absolute atomic E-state index is 0.0629. The molecule has 6 nitrogen and oxygen atoms in total. The molecule has 5 aromatic rings. The Morgan fingerprint density at radius 2 is 1.81 bits per heavy atom. The molecule has 1 amide bonds. The third-order valence-corrected chi connectivity index (χ3v) is 6.32. The van der Waals surface area contributed by atoms with Crippen LogP contribution in [0.2, 0.25) is 0 Å². The van der Waals surface area contributed by atoms with Crippen molar-refractivity contribution in [1.29, 1.82) is 0 Å². The number of nitrogens with one attached hydrogen (secondary N) is 1. The second-order valence-electron chi connectivity index (χ2n) is 8.37. The number of para-hydroxylation sites is 3. The number of rotatable bonds is 2. The molecule has 6 rings (SSSR count). The van der Waals surface area contributed by atoms with E-state index in [0.717, 1.165) is 35.0 Å². The Labute approximate surface area is 183 Å². The Balaban J connectivity index is 1.32. The van der Waals surface area contributed by atoms with E-state index < -0.39 is 0 Å². The summed E-state index contributed by atoms with van der Waals surface area (Å²) in [6.45, 7) is 1.24. The molecule has 6 heteroatoms. The summed E-state index contributed by atoms with van der Waals surface area (Å²) < 4.78 is 5.96. The molecule has 0 radical (unpaired) electrons. The molecular weight excluding hydrogens is 402 g/mol. The van der Waals surface area contributed by atoms with Crippen LogP contribution in [0, 0.1) is 0 Å². The van der Waals surface area contributed by atoms with Gasteiger partial charge in [-0.05, 0) is 55.3 Å². The van der Waals surface area contributed by atoms with Crippen LogP contribution in [0.1, 0.15) is 35.0 Å². The third kappa shape index (κ3) is 3.07. The Morgan fingerprint density at radius 3 is 2.72 bits per heavy atom. The number of hydrogen-bond donors (Lipinski definition) is 1. The first-order valence-corrected chi connectivity index (χ1v) is 10.9. The van der Waals surface area contributed by atoms with Crippen LogP contribution in [0.25, 0.3) is 32.9 Å². The zero-order valence-corrected chi connectivity index (χ0v) is 17.4. The van der Waals surface area contributed by atoms with Crippen LogP contribution in [0.5, 0.6) is 0 Å². The van der Waals surface area contributed by atoms with Crippen molar-refractivity contribution in [3.8, 4) is 0 Å². The van der Waals surface area contributed by atoms with Crippen molar-refractivity contribution in [3.63, 3.8) is 0 Å². The van der Waals surface area contributed by atoms with Gasteiger partial charge in [0.1, 0.15) is 5.52 Å². The average molecular weight is 423 g/mol. The quantitative estimate of drug-likeness (QED) is 0.412. The fraction of sp³-hybridized carbons (Fsp3) is 0.192. The van der Waals surface area contributed by atoms with E-state index in [1.165, 1.54) is 0 Å². The second-order valence-corrected chi connectivity index (χ2v) is 8.37. The van der Waals surface area contributed by atoms with Gasteiger partial charge >= 0.3 is 0 Å². The highest BCUT2D eigenvalue weighted by Crippen LogP contribution is 2.30. The highest BCUT2D eigenvalue weighted by atomic mass is 16.3. The van der Waals surface area contributed by atoms with Gasteiger partial charge in [-0.25, -0.2) is 4.98 Å². The largest absolute Gasteiger partial charge is 0.440 e. The number of nitrogens with zero attached hydrogens (tertiary/aromatic N) is 2. The number of likely N-dealkylation sites (tertiary alicyclic amines) is 1. The van der Waals surface area contributed by atoms with Gasteiger partial charge in [-0.15, -0.1) is 0 Å². The predicted molar refractivity (Wildman–Crippen MR) is 124 cm³/mol. The maximum Gasteiger partial charge on any atom is 0.253 e. The molecule has 3 aromatic carbocycles. The summed E-state index contributed by atoms with van der Waals surface area (Å²) >= 11 is 0. The van der Waals surface area contributed by atoms with E-state index in [-0.39, 0.29) is 17.3 Å². The number of carbonyl (C=O) groups is 1. The van der Waals surface area contributed by atoms with Crippen molar-refractivity contribution in [2.24, 2.45) is 0 Å². The lowest BCUT2D eigenvalue weighted by molar-refractivity contribution is 0.0699. The zero-order chi connectivity index (χ0) is 21.7. The number of H-pyrrole nitrogens is 1. The number of aromatic amines is 1. The van der Waals surface area contributed by atoms with Crippen LogP contribution >= 0.6 is 0 Å². The molecule has 1 aliphatic rings. The number of aromatic nitrogens is 2. The first-order valence-electron chi connectivity index (χ1n) is 10.9. The molecule has 1 atom stereocenters. The number of amides is 1. The number of carbonyl (C=O) groups excluding carboxylic acids is 1. The van der Waals surface area contributed by atoms with Crippen LogP contribution in [-0.4, -0.2) is 33.9 Å². The summed E-state index contributed by atoms with van der Waals surface area (Å²) in [5.74, 6) is 0.679. The van der Waals surface area contributed by atoms with Crippen molar-refractivity contribution in [2.45, 2.75) is 18.8 Å². The van der Waals surface area contributed by atoms with Gasteiger partial charge in [-0.1, -0.05) is 24.3 Å². The summed E-state index contributed by atoms with van der Waals surface area (Å²) in [5.41, 5.74) is 3.59. The van der Waals surface area contributed by atoms with E-state index in [2.05, 4.69) is 9.97 Å². The number of benzene rings is 3. The number of fused-ring (bicyclic) bond motifs is 3. The van der Waals surface area contributed by atoms with Gasteiger partial charge in [0.2, 0.25) is 0 Å². The molecule has 0 spiro atoms. The summed E-state index contributed by atoms with van der Waals surface area (Å²) in [4.78, 5) is 36.1. The Morgan fingerprint density at radius 1 is 1.00 bits per heavy atom. The Bertz CT molecular complexity index is 1520. The van der Waals surface area contributed by atoms with E-state index in [4.69, 9.17) is 4.42 Å². The van der Waals surface area contributed by atoms with Gasteiger partial charge in [0, 0.05) is 40.5 Å². The molecule has 1 fully saturated rings. The summed E-state index contributed by atoms with van der Waals surface area (Å²) in [6, 6.07) is 20.5. The fourth-order valence-corrected chi connectivity index (χ4v) is 4.66. The average Bonchev–Trinajstić information content (AvgIpc) is 3.28. The smallest absolute Gasteiger partial charge is 0.253 e. The summed E-state index contributed by atoms with van der Waals surface area (Å²) in [5, 5.41) is 1.15. The van der Waals surface area contributed by atoms with Crippen LogP contribution in [0.15, 0.2) is 75.9 Å². The molecule has 1 aliphatic heterocycles. The molecule has 3 heterocycles. The molecule has 1 saturated heterocycles. The predicted octanol–water partition coefficient (Wildman–Crippen LogP) is 4.84. The second kappa shape index (κ2) is 7.34. The third-order valence-electron chi connectivity index (χ3n) is 6.32. The van der Waals surface area contributed by atoms with Crippen LogP contribution in [0.4, 0.5) is 0 Å². The van der Waals surface area contributed by atoms with Crippen molar-refractivity contribution in [1.82, 2.24) is 14.9 Å². The minimum Gasteiger partial charge on any atom is -0.440 e. The lowest BCUT2D eigenvalue weighted by atomic mass is 9.97. The Hall–Kier alpha value is -3.93. The Kier molecular flexibility index (Phi) is 4.31. The molecule has 0 aliphatic carbocycles. The molecule has 1 unspecified atom stereocenters. The van der Waals surface area contributed by atoms with Crippen LogP contribution in [0.3, 0.4) is 0 Å². The van der Waals surface area contributed by atoms with Crippen molar-refractivity contribution >= 4 is 38.8 Å². The summed E-state index contributed by atoms with van der Waals surface area (Å²) in [6.07, 6.45) is 1.81. The van der Waals surface area contributed by atoms with Gasteiger partial charge in [-0.2, -0.15) is 0 Å². The topological polar surface area (TPSA) is 79.2 Å². The molecule has 158 valence electrons. The van der Waals surface area contributed by atoms with Crippen LogP contribution < -0.4 is 5.43 Å². The lowest BCUT2D eigenvalue weighted by Gasteiger charge is -2.31. The number of hydrogen-bond acceptors (Lipinski definition) is 4. The van der Waals surface area contributed by atoms with Crippen LogP contribution in [-0.2, 0) is 0 Å². The van der Waals surface area contributed by atoms with Crippen molar-refractivity contribution in [3.05, 3.63) is 88.4 Å². The van der Waals surface area contributed by atoms with Crippen molar-refractivity contribution < 1.29 is 9.21 Å². The summed E-state index contributed by atoms with van der Waals surface area (Å²) in [7, 11) is 0. The first kappa shape index (κ1) is 18.8. The van der Waals surface area contributed by atoms with Gasteiger partial charge in [0.25, 0.3) is 5.91 Å². The monoisotopic (exact) mass is 423 g/mol. The normalized spacial score (nSPS) is 16.8. The standard InChI is InChI=1S/C26H21N3O3/c30-24-18-7-1-2-8-20(18)27-21-12-11-16(14-19(21)24)26(31)29-13-5-6-17(15-29)25-28-22-9-3-4-10-23(22)32-25/h1-4,7-12,14,17H,5-6,13,15H2,(H,27,30). The van der Waals surface area contributed by atoms with E-state index in [9.17, 15) is 9.59 Å². The van der Waals surface area contributed by atoms with E-state index in [1.54, 1.807) is 18.2 Å². The molecule has 1 N–H and O–H groups in total. The number of oxazole rings is 1. The SMILES string of the molecule is O=C(c1ccc2[nH]c3ccccc3c(=O)c2c1)N1CCCC(c2nc3ccccc3o2)C1. The number of pyridine rings is 1. The minimum atomic E-state index is -0.0692. The van der Waals surface area contributed by atoms with Crippen molar-refractivity contribution in [2.75, 3.05) is 13.1 Å². The molecule has 0 bridgehead atoms. The van der Waals surface area contributed by atoms with Gasteiger partial charge in [0.15, 0.2) is 16.9 Å². The van der Waals surface area contributed by atoms with Gasteiger partial charge < -0.3 is 14.3 Å². The maximum absolute atomic E-state index is 13.3. The van der Waals surface area contributed by atoms with Gasteiger partial charge in [-0.3, -0.25) is 9.59 Å². The maximum atomic E-state index is 13.3. The molecule has 0 saturated carbocycles. The van der Waals surface area contributed by atoms with Gasteiger partial charge in [0.05, 0.1) is 5.92 Å². The van der Waals surface area contributed by atoms with E-state index in [0.29, 0.717) is 35.3 Å². The highest BCUT2D eigenvalue weighted by molar-refractivity contribution is 6.00.